The lowest BCUT2D eigenvalue weighted by molar-refractivity contribution is 0.211. The van der Waals surface area contributed by atoms with E-state index in [4.69, 9.17) is 11.6 Å². The molecule has 0 aliphatic carbocycles. The molecule has 1 nitrogen and oxygen atoms in total. The first kappa shape index (κ1) is 17.3. The third-order valence-electron chi connectivity index (χ3n) is 4.48. The predicted molar refractivity (Wildman–Crippen MR) is 87.2 cm³/mol. The van der Waals surface area contributed by atoms with Crippen LogP contribution in [0, 0.1) is 0 Å². The second-order valence-corrected chi connectivity index (χ2v) is 6.48. The van der Waals surface area contributed by atoms with Gasteiger partial charge in [0.05, 0.1) is 0 Å². The second-order valence-electron chi connectivity index (χ2n) is 6.17. The number of halogens is 1. The standard InChI is InChI=1S/C17H34ClN/c1-2-3-4-5-6-7-8-11-14-19-15-12-9-10-13-17(19)16-18/h17H,2-16H2,1H3. The van der Waals surface area contributed by atoms with Gasteiger partial charge in [0.2, 0.25) is 0 Å². The largest absolute Gasteiger partial charge is 0.299 e. The summed E-state index contributed by atoms with van der Waals surface area (Å²) < 4.78 is 0. The van der Waals surface area contributed by atoms with Gasteiger partial charge in [-0.05, 0) is 32.4 Å². The third-order valence-corrected chi connectivity index (χ3v) is 4.83. The summed E-state index contributed by atoms with van der Waals surface area (Å²) in [6.45, 7) is 4.86. The van der Waals surface area contributed by atoms with Crippen LogP contribution in [0.2, 0.25) is 0 Å². The summed E-state index contributed by atoms with van der Waals surface area (Å²) in [7, 11) is 0. The maximum Gasteiger partial charge on any atom is 0.0379 e. The van der Waals surface area contributed by atoms with E-state index in [-0.39, 0.29) is 0 Å². The Balaban J connectivity index is 2.00. The molecule has 2 heteroatoms. The zero-order valence-electron chi connectivity index (χ0n) is 13.0. The van der Waals surface area contributed by atoms with E-state index in [1.54, 1.807) is 0 Å². The van der Waals surface area contributed by atoms with Crippen LogP contribution in [0.15, 0.2) is 0 Å². The summed E-state index contributed by atoms with van der Waals surface area (Å²) in [6, 6.07) is 0.661. The van der Waals surface area contributed by atoms with Crippen LogP contribution in [0.3, 0.4) is 0 Å². The number of nitrogens with zero attached hydrogens (tertiary/aromatic N) is 1. The van der Waals surface area contributed by atoms with Gasteiger partial charge in [0, 0.05) is 11.9 Å². The Labute approximate surface area is 126 Å². The van der Waals surface area contributed by atoms with E-state index in [1.165, 1.54) is 90.1 Å². The molecular weight excluding hydrogens is 254 g/mol. The molecule has 0 bridgehead atoms. The Kier molecular flexibility index (Phi) is 11.0. The SMILES string of the molecule is CCCCCCCCCCN1CCCCCC1CCl. The predicted octanol–water partition coefficient (Wildman–Crippen LogP) is 5.61. The Morgan fingerprint density at radius 3 is 2.26 bits per heavy atom. The lowest BCUT2D eigenvalue weighted by Gasteiger charge is -2.28. The number of hydrogen-bond acceptors (Lipinski definition) is 1. The van der Waals surface area contributed by atoms with Crippen molar-refractivity contribution >= 4 is 11.6 Å². The van der Waals surface area contributed by atoms with Gasteiger partial charge in [-0.25, -0.2) is 0 Å². The quantitative estimate of drug-likeness (QED) is 0.373. The molecule has 0 N–H and O–H groups in total. The molecule has 19 heavy (non-hydrogen) atoms. The molecular formula is C17H34ClN. The van der Waals surface area contributed by atoms with Crippen molar-refractivity contribution in [3.63, 3.8) is 0 Å². The Morgan fingerprint density at radius 1 is 0.895 bits per heavy atom. The molecule has 0 saturated carbocycles. The Bertz CT molecular complexity index is 196. The van der Waals surface area contributed by atoms with Gasteiger partial charge in [0.1, 0.15) is 0 Å². The van der Waals surface area contributed by atoms with Crippen molar-refractivity contribution in [2.24, 2.45) is 0 Å². The zero-order chi connectivity index (χ0) is 13.8. The molecule has 1 fully saturated rings. The Hall–Kier alpha value is 0.250. The second kappa shape index (κ2) is 12.0. The van der Waals surface area contributed by atoms with Gasteiger partial charge in [0.25, 0.3) is 0 Å². The van der Waals surface area contributed by atoms with E-state index < -0.39 is 0 Å². The summed E-state index contributed by atoms with van der Waals surface area (Å²) in [5.74, 6) is 0.830. The first-order valence-electron chi connectivity index (χ1n) is 8.68. The summed E-state index contributed by atoms with van der Waals surface area (Å²) in [4.78, 5) is 2.66. The molecule has 1 rings (SSSR count). The molecule has 1 heterocycles. The maximum atomic E-state index is 6.12. The topological polar surface area (TPSA) is 3.24 Å². The molecule has 1 saturated heterocycles. The normalized spacial score (nSPS) is 21.5. The first-order valence-corrected chi connectivity index (χ1v) is 9.22. The van der Waals surface area contributed by atoms with E-state index in [0.29, 0.717) is 6.04 Å². The van der Waals surface area contributed by atoms with Crippen molar-refractivity contribution in [3.8, 4) is 0 Å². The van der Waals surface area contributed by atoms with Gasteiger partial charge in [0.15, 0.2) is 0 Å². The van der Waals surface area contributed by atoms with Gasteiger partial charge < -0.3 is 0 Å². The van der Waals surface area contributed by atoms with Crippen molar-refractivity contribution in [3.05, 3.63) is 0 Å². The lowest BCUT2D eigenvalue weighted by atomic mass is 10.1. The molecule has 114 valence electrons. The summed E-state index contributed by atoms with van der Waals surface area (Å²) in [5, 5.41) is 0. The molecule has 1 unspecified atom stereocenters. The minimum atomic E-state index is 0.661. The van der Waals surface area contributed by atoms with Gasteiger partial charge in [-0.3, -0.25) is 4.90 Å². The van der Waals surface area contributed by atoms with Crippen LogP contribution >= 0.6 is 11.6 Å². The van der Waals surface area contributed by atoms with Crippen LogP contribution in [0.25, 0.3) is 0 Å². The Morgan fingerprint density at radius 2 is 1.58 bits per heavy atom. The van der Waals surface area contributed by atoms with Crippen LogP contribution in [0.5, 0.6) is 0 Å². The van der Waals surface area contributed by atoms with Gasteiger partial charge in [-0.15, -0.1) is 11.6 Å². The molecule has 0 aromatic heterocycles. The van der Waals surface area contributed by atoms with Crippen molar-refractivity contribution in [1.29, 1.82) is 0 Å². The minimum Gasteiger partial charge on any atom is -0.299 e. The molecule has 0 amide bonds. The van der Waals surface area contributed by atoms with Crippen molar-refractivity contribution in [1.82, 2.24) is 4.90 Å². The number of hydrogen-bond donors (Lipinski definition) is 0. The lowest BCUT2D eigenvalue weighted by Crippen LogP contribution is -2.36. The minimum absolute atomic E-state index is 0.661. The monoisotopic (exact) mass is 287 g/mol. The number of likely N-dealkylation sites (tertiary alicyclic amines) is 1. The van der Waals surface area contributed by atoms with Crippen LogP contribution in [-0.2, 0) is 0 Å². The smallest absolute Gasteiger partial charge is 0.0379 e. The van der Waals surface area contributed by atoms with Gasteiger partial charge in [-0.2, -0.15) is 0 Å². The highest BCUT2D eigenvalue weighted by atomic mass is 35.5. The third kappa shape index (κ3) is 8.19. The van der Waals surface area contributed by atoms with Crippen molar-refractivity contribution in [2.75, 3.05) is 19.0 Å². The molecule has 0 spiro atoms. The van der Waals surface area contributed by atoms with E-state index in [0.717, 1.165) is 5.88 Å². The highest BCUT2D eigenvalue weighted by molar-refractivity contribution is 6.18. The van der Waals surface area contributed by atoms with Crippen molar-refractivity contribution < 1.29 is 0 Å². The number of unbranched alkanes of at least 4 members (excludes halogenated alkanes) is 7. The highest BCUT2D eigenvalue weighted by Crippen LogP contribution is 2.19. The van der Waals surface area contributed by atoms with Crippen LogP contribution in [0.4, 0.5) is 0 Å². The van der Waals surface area contributed by atoms with Gasteiger partial charge in [-0.1, -0.05) is 64.7 Å². The van der Waals surface area contributed by atoms with Crippen LogP contribution in [-0.4, -0.2) is 29.9 Å². The van der Waals surface area contributed by atoms with E-state index in [2.05, 4.69) is 11.8 Å². The molecule has 1 aliphatic heterocycles. The maximum absolute atomic E-state index is 6.12. The van der Waals surface area contributed by atoms with E-state index in [9.17, 15) is 0 Å². The van der Waals surface area contributed by atoms with Crippen LogP contribution in [0.1, 0.15) is 84.0 Å². The summed E-state index contributed by atoms with van der Waals surface area (Å²) in [5.41, 5.74) is 0. The van der Waals surface area contributed by atoms with E-state index in [1.807, 2.05) is 0 Å². The highest BCUT2D eigenvalue weighted by Gasteiger charge is 2.19. The zero-order valence-corrected chi connectivity index (χ0v) is 13.8. The van der Waals surface area contributed by atoms with Gasteiger partial charge >= 0.3 is 0 Å². The fraction of sp³-hybridized carbons (Fsp3) is 1.00. The summed E-state index contributed by atoms with van der Waals surface area (Å²) in [6.07, 6.45) is 16.8. The van der Waals surface area contributed by atoms with Crippen LogP contribution < -0.4 is 0 Å². The molecule has 1 atom stereocenters. The number of rotatable bonds is 10. The molecule has 1 aliphatic rings. The molecule has 0 radical (unpaired) electrons. The fourth-order valence-electron chi connectivity index (χ4n) is 3.15. The van der Waals surface area contributed by atoms with E-state index >= 15 is 0 Å². The molecule has 0 aromatic carbocycles. The first-order chi connectivity index (χ1) is 9.38. The fourth-order valence-corrected chi connectivity index (χ4v) is 3.50. The van der Waals surface area contributed by atoms with Crippen molar-refractivity contribution in [2.45, 2.75) is 90.0 Å². The summed E-state index contributed by atoms with van der Waals surface area (Å²) >= 11 is 6.12. The molecule has 0 aromatic rings. The average molecular weight is 288 g/mol. The average Bonchev–Trinajstić information content (AvgIpc) is 2.66. The number of alkyl halides is 1.